The molecule has 25 heavy (non-hydrogen) atoms. The van der Waals surface area contributed by atoms with Crippen molar-refractivity contribution in [3.63, 3.8) is 0 Å². The van der Waals surface area contributed by atoms with Crippen molar-refractivity contribution in [1.82, 2.24) is 10.6 Å². The van der Waals surface area contributed by atoms with Crippen LogP contribution in [0.1, 0.15) is 39.3 Å². The maximum Gasteiger partial charge on any atom is 0.325 e. The molecule has 1 aromatic carbocycles. The molecule has 7 nitrogen and oxygen atoms in total. The zero-order valence-electron chi connectivity index (χ0n) is 16.1. The maximum atomic E-state index is 11.8. The predicted octanol–water partition coefficient (Wildman–Crippen LogP) is 2.27. The van der Waals surface area contributed by atoms with Crippen molar-refractivity contribution >= 4 is 11.9 Å². The summed E-state index contributed by atoms with van der Waals surface area (Å²) in [6.45, 7) is 7.48. The van der Waals surface area contributed by atoms with E-state index in [4.69, 9.17) is 14.2 Å². The van der Waals surface area contributed by atoms with Crippen LogP contribution in [0.2, 0.25) is 0 Å². The molecule has 0 fully saturated rings. The summed E-state index contributed by atoms with van der Waals surface area (Å²) in [5, 5.41) is 6.17. The first-order valence-corrected chi connectivity index (χ1v) is 8.11. The van der Waals surface area contributed by atoms with E-state index in [1.807, 2.05) is 45.9 Å². The van der Waals surface area contributed by atoms with Gasteiger partial charge in [0.1, 0.15) is 23.6 Å². The Morgan fingerprint density at radius 2 is 1.92 bits per heavy atom. The van der Waals surface area contributed by atoms with Crippen LogP contribution in [0.5, 0.6) is 11.5 Å². The summed E-state index contributed by atoms with van der Waals surface area (Å²) < 4.78 is 15.9. The van der Waals surface area contributed by atoms with E-state index in [2.05, 4.69) is 15.6 Å². The number of carbonyl (C=O) groups is 1. The molecule has 0 spiro atoms. The number of nitrogens with zero attached hydrogens (tertiary/aromatic N) is 1. The molecule has 2 N–H and O–H groups in total. The maximum absolute atomic E-state index is 11.8. The Kier molecular flexibility index (Phi) is 7.54. The number of esters is 1. The number of rotatable bonds is 6. The van der Waals surface area contributed by atoms with Crippen molar-refractivity contribution in [2.24, 2.45) is 4.99 Å². The van der Waals surface area contributed by atoms with Crippen LogP contribution in [-0.4, -0.2) is 45.3 Å². The lowest BCUT2D eigenvalue weighted by Gasteiger charge is -2.22. The number of nitrogens with one attached hydrogen (secondary N) is 2. The summed E-state index contributed by atoms with van der Waals surface area (Å²) in [7, 11) is 4.87. The van der Waals surface area contributed by atoms with E-state index in [-0.39, 0.29) is 18.6 Å². The number of benzene rings is 1. The smallest absolute Gasteiger partial charge is 0.325 e. The molecule has 0 saturated carbocycles. The van der Waals surface area contributed by atoms with Crippen LogP contribution in [0.25, 0.3) is 0 Å². The van der Waals surface area contributed by atoms with E-state index >= 15 is 0 Å². The predicted molar refractivity (Wildman–Crippen MR) is 98.3 cm³/mol. The van der Waals surface area contributed by atoms with Gasteiger partial charge in [-0.2, -0.15) is 0 Å². The molecule has 1 unspecified atom stereocenters. The van der Waals surface area contributed by atoms with Crippen LogP contribution in [0, 0.1) is 0 Å². The van der Waals surface area contributed by atoms with Crippen molar-refractivity contribution < 1.29 is 19.0 Å². The Balaban J connectivity index is 2.74. The van der Waals surface area contributed by atoms with Gasteiger partial charge in [-0.1, -0.05) is 0 Å². The zero-order chi connectivity index (χ0) is 19.0. The second kappa shape index (κ2) is 9.15. The quantitative estimate of drug-likeness (QED) is 0.465. The van der Waals surface area contributed by atoms with E-state index in [9.17, 15) is 4.79 Å². The fourth-order valence-corrected chi connectivity index (χ4v) is 2.19. The van der Waals surface area contributed by atoms with Crippen LogP contribution in [0.15, 0.2) is 23.2 Å². The minimum atomic E-state index is -0.517. The largest absolute Gasteiger partial charge is 0.497 e. The summed E-state index contributed by atoms with van der Waals surface area (Å²) in [4.78, 5) is 15.9. The summed E-state index contributed by atoms with van der Waals surface area (Å²) in [6.07, 6.45) is 0. The van der Waals surface area contributed by atoms with Crippen molar-refractivity contribution in [2.75, 3.05) is 27.8 Å². The highest BCUT2D eigenvalue weighted by Crippen LogP contribution is 2.29. The number of ether oxygens (including phenoxy) is 3. The van der Waals surface area contributed by atoms with Crippen molar-refractivity contribution in [1.29, 1.82) is 0 Å². The number of hydrogen-bond acceptors (Lipinski definition) is 5. The molecule has 7 heteroatoms. The monoisotopic (exact) mass is 351 g/mol. The number of guanidine groups is 1. The fraction of sp³-hybridized carbons (Fsp3) is 0.556. The lowest BCUT2D eigenvalue weighted by Crippen LogP contribution is -2.42. The van der Waals surface area contributed by atoms with Crippen molar-refractivity contribution in [3.8, 4) is 11.5 Å². The second-order valence-corrected chi connectivity index (χ2v) is 6.49. The first kappa shape index (κ1) is 20.6. The third kappa shape index (κ3) is 6.91. The molecule has 0 saturated heterocycles. The van der Waals surface area contributed by atoms with Gasteiger partial charge in [-0.25, -0.2) is 0 Å². The van der Waals surface area contributed by atoms with Crippen LogP contribution >= 0.6 is 0 Å². The lowest BCUT2D eigenvalue weighted by molar-refractivity contribution is -0.153. The van der Waals surface area contributed by atoms with Gasteiger partial charge >= 0.3 is 5.97 Å². The van der Waals surface area contributed by atoms with E-state index in [0.717, 1.165) is 17.1 Å². The normalized spacial score (nSPS) is 13.0. The Labute approximate surface area is 149 Å². The van der Waals surface area contributed by atoms with Gasteiger partial charge < -0.3 is 24.8 Å². The Bertz CT molecular complexity index is 609. The molecule has 140 valence electrons. The van der Waals surface area contributed by atoms with Gasteiger partial charge in [0.2, 0.25) is 0 Å². The van der Waals surface area contributed by atoms with Gasteiger partial charge in [-0.05, 0) is 45.9 Å². The first-order valence-electron chi connectivity index (χ1n) is 8.11. The summed E-state index contributed by atoms with van der Waals surface area (Å²) in [5.41, 5.74) is 0.402. The molecular weight excluding hydrogens is 322 g/mol. The van der Waals surface area contributed by atoms with Gasteiger partial charge in [0.25, 0.3) is 0 Å². The molecule has 0 aliphatic carbocycles. The van der Waals surface area contributed by atoms with E-state index in [0.29, 0.717) is 5.96 Å². The Hall–Kier alpha value is -2.44. The minimum Gasteiger partial charge on any atom is -0.497 e. The lowest BCUT2D eigenvalue weighted by atomic mass is 10.1. The topological polar surface area (TPSA) is 81.2 Å². The summed E-state index contributed by atoms with van der Waals surface area (Å²) in [6, 6.07) is 5.47. The average Bonchev–Trinajstić information content (AvgIpc) is 2.56. The van der Waals surface area contributed by atoms with Crippen molar-refractivity contribution in [3.05, 3.63) is 23.8 Å². The van der Waals surface area contributed by atoms with Crippen LogP contribution in [-0.2, 0) is 9.53 Å². The molecule has 0 aliphatic heterocycles. The highest BCUT2D eigenvalue weighted by Gasteiger charge is 2.18. The van der Waals surface area contributed by atoms with E-state index in [1.165, 1.54) is 0 Å². The zero-order valence-corrected chi connectivity index (χ0v) is 16.1. The van der Waals surface area contributed by atoms with Crippen LogP contribution in [0.3, 0.4) is 0 Å². The molecule has 1 atom stereocenters. The second-order valence-electron chi connectivity index (χ2n) is 6.49. The molecule has 1 aromatic rings. The van der Waals surface area contributed by atoms with Crippen LogP contribution in [0.4, 0.5) is 0 Å². The SMILES string of the molecule is CN=C(NCC(=O)OC(C)(C)C)NC(C)c1cc(OC)ccc1OC. The van der Waals surface area contributed by atoms with E-state index in [1.54, 1.807) is 21.3 Å². The van der Waals surface area contributed by atoms with Gasteiger partial charge in [0.15, 0.2) is 5.96 Å². The highest BCUT2D eigenvalue weighted by atomic mass is 16.6. The molecule has 0 bridgehead atoms. The molecule has 0 aliphatic rings. The van der Waals surface area contributed by atoms with Crippen molar-refractivity contribution in [2.45, 2.75) is 39.3 Å². The van der Waals surface area contributed by atoms with Gasteiger partial charge in [0.05, 0.1) is 20.3 Å². The average molecular weight is 351 g/mol. The molecule has 0 aromatic heterocycles. The molecule has 1 rings (SSSR count). The van der Waals surface area contributed by atoms with Gasteiger partial charge in [0, 0.05) is 12.6 Å². The molecule has 0 radical (unpaired) electrons. The number of hydrogen-bond donors (Lipinski definition) is 2. The fourth-order valence-electron chi connectivity index (χ4n) is 2.19. The standard InChI is InChI=1S/C18H29N3O4/c1-12(14-10-13(23-6)8-9-15(14)24-7)21-17(19-5)20-11-16(22)25-18(2,3)4/h8-10,12H,11H2,1-7H3,(H2,19,20,21). The summed E-state index contributed by atoms with van der Waals surface area (Å²) >= 11 is 0. The first-order chi connectivity index (χ1) is 11.7. The van der Waals surface area contributed by atoms with Gasteiger partial charge in [-0.15, -0.1) is 0 Å². The van der Waals surface area contributed by atoms with Crippen LogP contribution < -0.4 is 20.1 Å². The number of aliphatic imine (C=N–C) groups is 1. The highest BCUT2D eigenvalue weighted by molar-refractivity contribution is 5.84. The Morgan fingerprint density at radius 3 is 2.44 bits per heavy atom. The van der Waals surface area contributed by atoms with Gasteiger partial charge in [-0.3, -0.25) is 9.79 Å². The molecule has 0 amide bonds. The Morgan fingerprint density at radius 1 is 1.24 bits per heavy atom. The third-order valence-corrected chi connectivity index (χ3v) is 3.30. The number of carbonyl (C=O) groups excluding carboxylic acids is 1. The third-order valence-electron chi connectivity index (χ3n) is 3.30. The summed E-state index contributed by atoms with van der Waals surface area (Å²) in [5.74, 6) is 1.62. The molecule has 0 heterocycles. The van der Waals surface area contributed by atoms with E-state index < -0.39 is 5.60 Å². The minimum absolute atomic E-state index is 0.0267. The molecular formula is C18H29N3O4. The number of methoxy groups -OCH3 is 2.